The van der Waals surface area contributed by atoms with Gasteiger partial charge in [-0.15, -0.1) is 0 Å². The Kier molecular flexibility index (Phi) is 6.67. The second-order valence-electron chi connectivity index (χ2n) is 9.06. The Morgan fingerprint density at radius 1 is 1.03 bits per heavy atom. The van der Waals surface area contributed by atoms with Crippen molar-refractivity contribution in [3.8, 4) is 0 Å². The van der Waals surface area contributed by atoms with Crippen LogP contribution in [0.1, 0.15) is 41.9 Å². The number of aromatic nitrogens is 2. The van der Waals surface area contributed by atoms with Crippen LogP contribution in [0.15, 0.2) is 65.6 Å². The predicted molar refractivity (Wildman–Crippen MR) is 129 cm³/mol. The summed E-state index contributed by atoms with van der Waals surface area (Å²) >= 11 is 0. The monoisotopic (exact) mass is 466 g/mol. The van der Waals surface area contributed by atoms with Crippen molar-refractivity contribution >= 4 is 21.7 Å². The fourth-order valence-corrected chi connectivity index (χ4v) is 6.12. The minimum absolute atomic E-state index is 0.213. The molecule has 0 radical (unpaired) electrons. The number of hydrogen-bond donors (Lipinski definition) is 1. The van der Waals surface area contributed by atoms with E-state index >= 15 is 0 Å². The zero-order chi connectivity index (χ0) is 23.6. The molecule has 0 spiro atoms. The fourth-order valence-electron chi connectivity index (χ4n) is 4.44. The predicted octanol–water partition coefficient (Wildman–Crippen LogP) is 4.16. The maximum absolute atomic E-state index is 13.1. The summed E-state index contributed by atoms with van der Waals surface area (Å²) in [7, 11) is -3.58. The van der Waals surface area contributed by atoms with Gasteiger partial charge in [0.2, 0.25) is 10.0 Å². The molecule has 7 nitrogen and oxygen atoms in total. The third-order valence-electron chi connectivity index (χ3n) is 5.91. The molecule has 0 bridgehead atoms. The van der Waals surface area contributed by atoms with E-state index in [0.717, 1.165) is 17.7 Å². The molecule has 8 heteroatoms. The van der Waals surface area contributed by atoms with Gasteiger partial charge in [-0.1, -0.05) is 44.2 Å². The number of carbonyl (C=O) groups excluding carboxylic acids is 1. The molecule has 0 saturated carbocycles. The molecule has 4 rings (SSSR count). The van der Waals surface area contributed by atoms with Gasteiger partial charge in [0.15, 0.2) is 0 Å². The zero-order valence-electron chi connectivity index (χ0n) is 19.2. The lowest BCUT2D eigenvalue weighted by molar-refractivity contribution is 0.102. The number of benzene rings is 2. The molecule has 174 valence electrons. The van der Waals surface area contributed by atoms with Crippen LogP contribution in [0, 0.1) is 18.8 Å². The number of aryl methyl sites for hydroxylation is 1. The molecule has 2 heterocycles. The summed E-state index contributed by atoms with van der Waals surface area (Å²) in [6.07, 6.45) is 1.03. The first-order chi connectivity index (χ1) is 15.7. The first kappa shape index (κ1) is 23.2. The van der Waals surface area contributed by atoms with Crippen LogP contribution in [0.2, 0.25) is 0 Å². The number of carbonyl (C=O) groups is 1. The van der Waals surface area contributed by atoms with Crippen molar-refractivity contribution in [3.63, 3.8) is 0 Å². The van der Waals surface area contributed by atoms with Gasteiger partial charge in [0, 0.05) is 24.7 Å². The highest BCUT2D eigenvalue weighted by molar-refractivity contribution is 7.89. The average Bonchev–Trinajstić information content (AvgIpc) is 3.12. The van der Waals surface area contributed by atoms with E-state index in [-0.39, 0.29) is 10.8 Å². The average molecular weight is 467 g/mol. The normalized spacial score (nSPS) is 19.4. The van der Waals surface area contributed by atoms with E-state index < -0.39 is 10.0 Å². The standard InChI is InChI=1S/C25H30N4O3S/c1-18-13-19(2)16-28(15-18)33(31,32)23-11-9-22(10-12-23)25(30)26-24-14-20(3)27-29(24)17-21-7-5-4-6-8-21/h4-12,14,18-19H,13,15-17H2,1-3H3,(H,26,30). The first-order valence-corrected chi connectivity index (χ1v) is 12.7. The van der Waals surface area contributed by atoms with Gasteiger partial charge < -0.3 is 5.32 Å². The summed E-state index contributed by atoms with van der Waals surface area (Å²) in [6, 6.07) is 17.9. The molecule has 3 aromatic rings. The van der Waals surface area contributed by atoms with E-state index in [1.807, 2.05) is 43.3 Å². The summed E-state index contributed by atoms with van der Waals surface area (Å²) in [5, 5.41) is 7.38. The van der Waals surface area contributed by atoms with E-state index in [0.29, 0.717) is 42.9 Å². The Bertz CT molecular complexity index is 1210. The van der Waals surface area contributed by atoms with Gasteiger partial charge in [-0.05, 0) is 55.0 Å². The van der Waals surface area contributed by atoms with E-state index in [9.17, 15) is 13.2 Å². The number of nitrogens with one attached hydrogen (secondary N) is 1. The van der Waals surface area contributed by atoms with Crippen molar-refractivity contribution in [2.75, 3.05) is 18.4 Å². The maximum atomic E-state index is 13.1. The van der Waals surface area contributed by atoms with Crippen LogP contribution in [0.25, 0.3) is 0 Å². The number of rotatable bonds is 6. The smallest absolute Gasteiger partial charge is 0.256 e. The molecule has 33 heavy (non-hydrogen) atoms. The molecule has 0 aliphatic carbocycles. The lowest BCUT2D eigenvalue weighted by Gasteiger charge is -2.34. The van der Waals surface area contributed by atoms with Gasteiger partial charge in [-0.25, -0.2) is 13.1 Å². The van der Waals surface area contributed by atoms with Gasteiger partial charge in [0.05, 0.1) is 17.1 Å². The lowest BCUT2D eigenvalue weighted by atomic mass is 9.94. The topological polar surface area (TPSA) is 84.3 Å². The van der Waals surface area contributed by atoms with Gasteiger partial charge in [0.1, 0.15) is 5.82 Å². The molecule has 1 amide bonds. The van der Waals surface area contributed by atoms with Crippen molar-refractivity contribution in [2.45, 2.75) is 38.6 Å². The van der Waals surface area contributed by atoms with Crippen molar-refractivity contribution in [2.24, 2.45) is 11.8 Å². The highest BCUT2D eigenvalue weighted by Gasteiger charge is 2.31. The summed E-state index contributed by atoms with van der Waals surface area (Å²) in [5.41, 5.74) is 2.26. The SMILES string of the molecule is Cc1cc(NC(=O)c2ccc(S(=O)(=O)N3CC(C)CC(C)C3)cc2)n(Cc2ccccc2)n1. The van der Waals surface area contributed by atoms with Gasteiger partial charge in [0.25, 0.3) is 5.91 Å². The van der Waals surface area contributed by atoms with E-state index in [1.54, 1.807) is 21.1 Å². The van der Waals surface area contributed by atoms with Crippen LogP contribution in [0.5, 0.6) is 0 Å². The van der Waals surface area contributed by atoms with Crippen molar-refractivity contribution in [1.29, 1.82) is 0 Å². The third kappa shape index (κ3) is 5.34. The molecule has 2 unspecified atom stereocenters. The Balaban J connectivity index is 1.48. The van der Waals surface area contributed by atoms with E-state index in [4.69, 9.17) is 0 Å². The molecule has 2 atom stereocenters. The highest BCUT2D eigenvalue weighted by Crippen LogP contribution is 2.27. The van der Waals surface area contributed by atoms with E-state index in [1.165, 1.54) is 12.1 Å². The molecule has 1 saturated heterocycles. The number of amides is 1. The molecule has 1 aromatic heterocycles. The molecule has 1 aliphatic rings. The van der Waals surface area contributed by atoms with Crippen LogP contribution < -0.4 is 5.32 Å². The number of sulfonamides is 1. The minimum Gasteiger partial charge on any atom is -0.307 e. The van der Waals surface area contributed by atoms with Crippen molar-refractivity contribution < 1.29 is 13.2 Å². The van der Waals surface area contributed by atoms with Crippen molar-refractivity contribution in [1.82, 2.24) is 14.1 Å². The Labute approximate surface area is 195 Å². The fraction of sp³-hybridized carbons (Fsp3) is 0.360. The van der Waals surface area contributed by atoms with Crippen LogP contribution in [-0.4, -0.2) is 41.5 Å². The number of nitrogens with zero attached hydrogens (tertiary/aromatic N) is 3. The molecule has 2 aromatic carbocycles. The largest absolute Gasteiger partial charge is 0.307 e. The molecular weight excluding hydrogens is 436 g/mol. The van der Waals surface area contributed by atoms with E-state index in [2.05, 4.69) is 24.3 Å². The number of hydrogen-bond acceptors (Lipinski definition) is 4. The number of anilines is 1. The Morgan fingerprint density at radius 2 is 1.67 bits per heavy atom. The molecule has 1 N–H and O–H groups in total. The third-order valence-corrected chi connectivity index (χ3v) is 7.75. The Morgan fingerprint density at radius 3 is 2.30 bits per heavy atom. The molecule has 1 aliphatic heterocycles. The maximum Gasteiger partial charge on any atom is 0.256 e. The number of piperidine rings is 1. The zero-order valence-corrected chi connectivity index (χ0v) is 20.0. The van der Waals surface area contributed by atoms with Crippen LogP contribution >= 0.6 is 0 Å². The minimum atomic E-state index is -3.58. The van der Waals surface area contributed by atoms with Gasteiger partial charge >= 0.3 is 0 Å². The first-order valence-electron chi connectivity index (χ1n) is 11.2. The van der Waals surface area contributed by atoms with Crippen molar-refractivity contribution in [3.05, 3.63) is 77.5 Å². The van der Waals surface area contributed by atoms with Crippen LogP contribution in [0.3, 0.4) is 0 Å². The lowest BCUT2D eigenvalue weighted by Crippen LogP contribution is -2.42. The summed E-state index contributed by atoms with van der Waals surface area (Å²) in [4.78, 5) is 13.1. The van der Waals surface area contributed by atoms with Gasteiger partial charge in [-0.2, -0.15) is 9.40 Å². The molecular formula is C25H30N4O3S. The second-order valence-corrected chi connectivity index (χ2v) is 11.0. The second kappa shape index (κ2) is 9.49. The molecule has 1 fully saturated rings. The Hall–Kier alpha value is -2.97. The van der Waals surface area contributed by atoms with Gasteiger partial charge in [-0.3, -0.25) is 4.79 Å². The summed E-state index contributed by atoms with van der Waals surface area (Å²) in [6.45, 7) is 7.62. The van der Waals surface area contributed by atoms with Crippen LogP contribution in [0.4, 0.5) is 5.82 Å². The summed E-state index contributed by atoms with van der Waals surface area (Å²) < 4.78 is 29.5. The quantitative estimate of drug-likeness (QED) is 0.591. The summed E-state index contributed by atoms with van der Waals surface area (Å²) in [5.74, 6) is 0.943. The highest BCUT2D eigenvalue weighted by atomic mass is 32.2. The van der Waals surface area contributed by atoms with Crippen LogP contribution in [-0.2, 0) is 16.6 Å².